The zero-order valence-electron chi connectivity index (χ0n) is 5.84. The molecule has 0 aliphatic heterocycles. The quantitative estimate of drug-likeness (QED) is 0.317. The molecular weight excluding hydrogens is 224 g/mol. The van der Waals surface area contributed by atoms with Gasteiger partial charge in [-0.3, -0.25) is 5.84 Å². The van der Waals surface area contributed by atoms with Gasteiger partial charge in [0.05, 0.1) is 5.69 Å². The number of hydrogen-bond donors (Lipinski definition) is 3. The van der Waals surface area contributed by atoms with Gasteiger partial charge in [-0.1, -0.05) is 28.1 Å². The van der Waals surface area contributed by atoms with E-state index >= 15 is 0 Å². The normalized spacial score (nSPS) is 9.73. The summed E-state index contributed by atoms with van der Waals surface area (Å²) >= 11 is 7.59. The highest BCUT2D eigenvalue weighted by atomic mass is 79.9. The van der Waals surface area contributed by atoms with Crippen molar-refractivity contribution in [1.82, 2.24) is 0 Å². The predicted molar refractivity (Wildman–Crippen MR) is 54.1 cm³/mol. The van der Waals surface area contributed by atoms with E-state index in [9.17, 15) is 0 Å². The molecule has 4 heteroatoms. The van der Waals surface area contributed by atoms with Crippen LogP contribution >= 0.6 is 28.6 Å². The van der Waals surface area contributed by atoms with E-state index in [1.165, 1.54) is 0 Å². The summed E-state index contributed by atoms with van der Waals surface area (Å²) in [6, 6.07) is 5.83. The average Bonchev–Trinajstić information content (AvgIpc) is 2.04. The van der Waals surface area contributed by atoms with Crippen LogP contribution in [0.4, 0.5) is 5.69 Å². The van der Waals surface area contributed by atoms with E-state index in [4.69, 9.17) is 5.84 Å². The number of para-hydroxylation sites is 1. The van der Waals surface area contributed by atoms with Crippen LogP contribution in [-0.4, -0.2) is 0 Å². The molecule has 0 heterocycles. The smallest absolute Gasteiger partial charge is 0.0659 e. The number of alkyl halides is 1. The van der Waals surface area contributed by atoms with Crippen molar-refractivity contribution in [3.8, 4) is 0 Å². The van der Waals surface area contributed by atoms with Crippen LogP contribution in [0.25, 0.3) is 0 Å². The molecule has 0 bridgehead atoms. The highest BCUT2D eigenvalue weighted by molar-refractivity contribution is 9.08. The number of nitrogens with two attached hydrogens (primary N) is 1. The Bertz CT molecular complexity index is 252. The van der Waals surface area contributed by atoms with Crippen molar-refractivity contribution in [2.75, 3.05) is 5.43 Å². The molecule has 0 unspecified atom stereocenters. The fourth-order valence-corrected chi connectivity index (χ4v) is 1.63. The summed E-state index contributed by atoms with van der Waals surface area (Å²) in [6.07, 6.45) is 0. The van der Waals surface area contributed by atoms with E-state index in [0.29, 0.717) is 0 Å². The first-order valence-corrected chi connectivity index (χ1v) is 4.70. The number of halogens is 1. The molecule has 0 aromatic heterocycles. The number of anilines is 1. The topological polar surface area (TPSA) is 38.0 Å². The van der Waals surface area contributed by atoms with Crippen LogP contribution in [-0.2, 0) is 5.33 Å². The largest absolute Gasteiger partial charge is 0.323 e. The van der Waals surface area contributed by atoms with Gasteiger partial charge in [-0.25, -0.2) is 0 Å². The van der Waals surface area contributed by atoms with Crippen LogP contribution in [0.5, 0.6) is 0 Å². The lowest BCUT2D eigenvalue weighted by molar-refractivity contribution is 1.24. The van der Waals surface area contributed by atoms with Gasteiger partial charge in [0.15, 0.2) is 0 Å². The predicted octanol–water partition coefficient (Wildman–Crippen LogP) is 2.16. The highest BCUT2D eigenvalue weighted by Gasteiger charge is 2.01. The molecule has 11 heavy (non-hydrogen) atoms. The first kappa shape index (κ1) is 8.90. The van der Waals surface area contributed by atoms with Crippen molar-refractivity contribution >= 4 is 34.2 Å². The standard InChI is InChI=1S/C7H9BrN2S/c8-4-5-2-1-3-6(11)7(5)10-9/h1-3,10-11H,4,9H2. The maximum Gasteiger partial charge on any atom is 0.0659 e. The van der Waals surface area contributed by atoms with E-state index in [2.05, 4.69) is 34.0 Å². The lowest BCUT2D eigenvalue weighted by Gasteiger charge is -2.07. The van der Waals surface area contributed by atoms with Gasteiger partial charge in [-0.05, 0) is 11.6 Å². The second-order valence-electron chi connectivity index (χ2n) is 2.09. The molecule has 0 atom stereocenters. The van der Waals surface area contributed by atoms with Gasteiger partial charge in [0.1, 0.15) is 0 Å². The van der Waals surface area contributed by atoms with Crippen LogP contribution in [0.3, 0.4) is 0 Å². The van der Waals surface area contributed by atoms with Gasteiger partial charge in [-0.2, -0.15) is 0 Å². The molecule has 3 N–H and O–H groups in total. The summed E-state index contributed by atoms with van der Waals surface area (Å²) in [5.74, 6) is 5.31. The molecule has 1 aromatic rings. The van der Waals surface area contributed by atoms with Crippen LogP contribution in [0.15, 0.2) is 23.1 Å². The molecule has 1 rings (SSSR count). The van der Waals surface area contributed by atoms with Crippen LogP contribution in [0.1, 0.15) is 5.56 Å². The Balaban J connectivity index is 3.13. The molecular formula is C7H9BrN2S. The molecule has 0 fully saturated rings. The number of thiol groups is 1. The lowest BCUT2D eigenvalue weighted by atomic mass is 10.2. The fourth-order valence-electron chi connectivity index (χ4n) is 0.865. The molecule has 0 aliphatic rings. The van der Waals surface area contributed by atoms with Gasteiger partial charge >= 0.3 is 0 Å². The first-order chi connectivity index (χ1) is 5.29. The van der Waals surface area contributed by atoms with Crippen LogP contribution in [0, 0.1) is 0 Å². The Morgan fingerprint density at radius 1 is 1.55 bits per heavy atom. The first-order valence-electron chi connectivity index (χ1n) is 3.13. The molecule has 1 aromatic carbocycles. The molecule has 2 nitrogen and oxygen atoms in total. The van der Waals surface area contributed by atoms with Crippen molar-refractivity contribution < 1.29 is 0 Å². The van der Waals surface area contributed by atoms with E-state index in [1.54, 1.807) is 0 Å². The Hall–Kier alpha value is -0.190. The Kier molecular flexibility index (Phi) is 3.23. The Morgan fingerprint density at radius 3 is 2.73 bits per heavy atom. The number of nitrogen functional groups attached to an aromatic ring is 1. The molecule has 0 amide bonds. The van der Waals surface area contributed by atoms with Gasteiger partial charge in [-0.15, -0.1) is 12.6 Å². The van der Waals surface area contributed by atoms with Crippen molar-refractivity contribution in [3.05, 3.63) is 23.8 Å². The minimum atomic E-state index is 0.779. The number of hydrazine groups is 1. The van der Waals surface area contributed by atoms with E-state index < -0.39 is 0 Å². The molecule has 0 aliphatic carbocycles. The maximum atomic E-state index is 5.31. The summed E-state index contributed by atoms with van der Waals surface area (Å²) in [7, 11) is 0. The second kappa shape index (κ2) is 3.99. The maximum absolute atomic E-state index is 5.31. The summed E-state index contributed by atoms with van der Waals surface area (Å²) in [4.78, 5) is 0.865. The summed E-state index contributed by atoms with van der Waals surface area (Å²) in [6.45, 7) is 0. The van der Waals surface area contributed by atoms with E-state index in [1.807, 2.05) is 18.2 Å². The van der Waals surface area contributed by atoms with E-state index in [0.717, 1.165) is 21.5 Å². The third-order valence-corrected chi connectivity index (χ3v) is 2.39. The Labute approximate surface area is 79.7 Å². The van der Waals surface area contributed by atoms with E-state index in [-0.39, 0.29) is 0 Å². The third kappa shape index (κ3) is 1.89. The Morgan fingerprint density at radius 2 is 2.27 bits per heavy atom. The SMILES string of the molecule is NNc1c(S)cccc1CBr. The summed E-state index contributed by atoms with van der Waals surface area (Å²) < 4.78 is 0. The van der Waals surface area contributed by atoms with Gasteiger partial charge in [0.2, 0.25) is 0 Å². The second-order valence-corrected chi connectivity index (χ2v) is 3.13. The fraction of sp³-hybridized carbons (Fsp3) is 0.143. The van der Waals surface area contributed by atoms with Gasteiger partial charge in [0, 0.05) is 10.2 Å². The van der Waals surface area contributed by atoms with Crippen LogP contribution in [0.2, 0.25) is 0 Å². The number of benzene rings is 1. The van der Waals surface area contributed by atoms with Crippen molar-refractivity contribution in [2.24, 2.45) is 5.84 Å². The average molecular weight is 233 g/mol. The minimum absolute atomic E-state index is 0.779. The van der Waals surface area contributed by atoms with Gasteiger partial charge in [0.25, 0.3) is 0 Å². The molecule has 60 valence electrons. The van der Waals surface area contributed by atoms with Crippen molar-refractivity contribution in [2.45, 2.75) is 10.2 Å². The molecule has 0 radical (unpaired) electrons. The number of nitrogens with one attached hydrogen (secondary N) is 1. The zero-order chi connectivity index (χ0) is 8.27. The van der Waals surface area contributed by atoms with Crippen LogP contribution < -0.4 is 11.3 Å². The third-order valence-electron chi connectivity index (χ3n) is 1.42. The molecule has 0 spiro atoms. The molecule has 0 saturated heterocycles. The number of hydrogen-bond acceptors (Lipinski definition) is 3. The lowest BCUT2D eigenvalue weighted by Crippen LogP contribution is -2.09. The molecule has 0 saturated carbocycles. The monoisotopic (exact) mass is 232 g/mol. The summed E-state index contributed by atoms with van der Waals surface area (Å²) in [5.41, 5.74) is 4.60. The number of rotatable bonds is 2. The highest BCUT2D eigenvalue weighted by Crippen LogP contribution is 2.24. The van der Waals surface area contributed by atoms with Gasteiger partial charge < -0.3 is 5.43 Å². The minimum Gasteiger partial charge on any atom is -0.323 e. The zero-order valence-corrected chi connectivity index (χ0v) is 8.32. The summed E-state index contributed by atoms with van der Waals surface area (Å²) in [5, 5.41) is 0.779. The van der Waals surface area contributed by atoms with Crippen molar-refractivity contribution in [3.63, 3.8) is 0 Å². The van der Waals surface area contributed by atoms with Crippen molar-refractivity contribution in [1.29, 1.82) is 0 Å².